The first-order valence-corrected chi connectivity index (χ1v) is 10.3. The Bertz CT molecular complexity index is 595. The zero-order chi connectivity index (χ0) is 19.1. The van der Waals surface area contributed by atoms with Crippen LogP contribution in [-0.4, -0.2) is 24.1 Å². The van der Waals surface area contributed by atoms with Gasteiger partial charge >= 0.3 is 11.9 Å². The van der Waals surface area contributed by atoms with Crippen molar-refractivity contribution in [2.45, 2.75) is 92.3 Å². The molecule has 6 unspecified atom stereocenters. The molecule has 0 heterocycles. The Morgan fingerprint density at radius 1 is 0.692 bits per heavy atom. The maximum absolute atomic E-state index is 12.5. The van der Waals surface area contributed by atoms with Crippen LogP contribution >= 0.6 is 0 Å². The molecule has 4 heteroatoms. The number of ether oxygens (including phenoxy) is 2. The van der Waals surface area contributed by atoms with E-state index in [-0.39, 0.29) is 33.9 Å². The van der Waals surface area contributed by atoms with Gasteiger partial charge in [0, 0.05) is 10.8 Å². The lowest BCUT2D eigenvalue weighted by atomic mass is 9.70. The van der Waals surface area contributed by atoms with Crippen LogP contribution in [0.15, 0.2) is 0 Å². The standard InChI is InChI=1S/C22H34O4/c1-19(2)13-7-9-21(19,5)15(11-13)25-17(23)18(24)26-16-12-14-8-10-22(16,6)20(14,3)4/h13-16H,7-12H2,1-6H3. The summed E-state index contributed by atoms with van der Waals surface area (Å²) in [6, 6.07) is 0. The van der Waals surface area contributed by atoms with Crippen molar-refractivity contribution in [3.8, 4) is 0 Å². The molecule has 0 aromatic heterocycles. The van der Waals surface area contributed by atoms with Crippen LogP contribution in [-0.2, 0) is 19.1 Å². The van der Waals surface area contributed by atoms with E-state index in [1.165, 1.54) is 12.8 Å². The van der Waals surface area contributed by atoms with Gasteiger partial charge in [-0.15, -0.1) is 0 Å². The highest BCUT2D eigenvalue weighted by atomic mass is 16.6. The van der Waals surface area contributed by atoms with Crippen molar-refractivity contribution in [1.82, 2.24) is 0 Å². The van der Waals surface area contributed by atoms with Crippen molar-refractivity contribution >= 4 is 11.9 Å². The fourth-order valence-corrected chi connectivity index (χ4v) is 6.97. The predicted molar refractivity (Wildman–Crippen MR) is 98.2 cm³/mol. The molecule has 26 heavy (non-hydrogen) atoms. The molecule has 4 bridgehead atoms. The Hall–Kier alpha value is -1.06. The highest BCUT2D eigenvalue weighted by Crippen LogP contribution is 2.67. The Morgan fingerprint density at radius 2 is 1.04 bits per heavy atom. The van der Waals surface area contributed by atoms with Crippen LogP contribution in [0.5, 0.6) is 0 Å². The average molecular weight is 363 g/mol. The molecule has 0 spiro atoms. The van der Waals surface area contributed by atoms with E-state index in [1.807, 2.05) is 0 Å². The minimum absolute atomic E-state index is 0.0337. The van der Waals surface area contributed by atoms with Crippen molar-refractivity contribution in [2.75, 3.05) is 0 Å². The number of esters is 2. The van der Waals surface area contributed by atoms with E-state index in [1.54, 1.807) is 0 Å². The summed E-state index contributed by atoms with van der Waals surface area (Å²) in [5.41, 5.74) is 0.246. The number of hydrogen-bond acceptors (Lipinski definition) is 4. The number of fused-ring (bicyclic) bond motifs is 4. The molecule has 4 nitrogen and oxygen atoms in total. The fraction of sp³-hybridized carbons (Fsp3) is 0.909. The first-order chi connectivity index (χ1) is 11.9. The van der Waals surface area contributed by atoms with Gasteiger partial charge in [0.25, 0.3) is 0 Å². The molecule has 6 atom stereocenters. The average Bonchev–Trinajstić information content (AvgIpc) is 3.06. The summed E-state index contributed by atoms with van der Waals surface area (Å²) in [5.74, 6) is -0.425. The molecular formula is C22H34O4. The Morgan fingerprint density at radius 3 is 1.27 bits per heavy atom. The van der Waals surface area contributed by atoms with Crippen LogP contribution in [0.2, 0.25) is 0 Å². The quantitative estimate of drug-likeness (QED) is 0.536. The number of hydrogen-bond donors (Lipinski definition) is 0. The van der Waals surface area contributed by atoms with Gasteiger partial charge in [-0.2, -0.15) is 0 Å². The third-order valence-corrected chi connectivity index (χ3v) is 10.1. The van der Waals surface area contributed by atoms with Gasteiger partial charge in [0.15, 0.2) is 0 Å². The minimum atomic E-state index is -0.788. The molecule has 0 radical (unpaired) electrons. The molecule has 0 aromatic rings. The molecule has 0 saturated heterocycles. The van der Waals surface area contributed by atoms with Crippen LogP contribution in [0.25, 0.3) is 0 Å². The minimum Gasteiger partial charge on any atom is -0.453 e. The molecule has 4 fully saturated rings. The van der Waals surface area contributed by atoms with Gasteiger partial charge in [0.2, 0.25) is 0 Å². The van der Waals surface area contributed by atoms with E-state index in [0.29, 0.717) is 11.8 Å². The summed E-state index contributed by atoms with van der Waals surface area (Å²) >= 11 is 0. The second kappa shape index (κ2) is 5.26. The van der Waals surface area contributed by atoms with Gasteiger partial charge in [-0.05, 0) is 61.2 Å². The first kappa shape index (κ1) is 18.3. The molecular weight excluding hydrogens is 328 g/mol. The molecule has 4 saturated carbocycles. The number of carbonyl (C=O) groups excluding carboxylic acids is 2. The van der Waals surface area contributed by atoms with Crippen LogP contribution in [0.3, 0.4) is 0 Å². The Kier molecular flexibility index (Phi) is 3.70. The summed E-state index contributed by atoms with van der Waals surface area (Å²) in [5, 5.41) is 0. The van der Waals surface area contributed by atoms with E-state index in [0.717, 1.165) is 25.7 Å². The first-order valence-electron chi connectivity index (χ1n) is 10.3. The Balaban J connectivity index is 1.41. The summed E-state index contributed by atoms with van der Waals surface area (Å²) < 4.78 is 11.4. The second-order valence-electron chi connectivity index (χ2n) is 11.0. The van der Waals surface area contributed by atoms with Crippen molar-refractivity contribution < 1.29 is 19.1 Å². The van der Waals surface area contributed by atoms with Gasteiger partial charge in [-0.3, -0.25) is 0 Å². The molecule has 0 N–H and O–H groups in total. The lowest BCUT2D eigenvalue weighted by molar-refractivity contribution is -0.182. The molecule has 146 valence electrons. The van der Waals surface area contributed by atoms with Crippen LogP contribution in [0.4, 0.5) is 0 Å². The smallest absolute Gasteiger partial charge is 0.417 e. The number of carbonyl (C=O) groups is 2. The van der Waals surface area contributed by atoms with Gasteiger partial charge in [-0.1, -0.05) is 41.5 Å². The maximum Gasteiger partial charge on any atom is 0.417 e. The zero-order valence-corrected chi connectivity index (χ0v) is 17.2. The normalized spacial score (nSPS) is 47.2. The predicted octanol–water partition coefficient (Wildman–Crippen LogP) is 4.50. The highest BCUT2D eigenvalue weighted by molar-refractivity contribution is 6.29. The van der Waals surface area contributed by atoms with Crippen LogP contribution < -0.4 is 0 Å². The third-order valence-electron chi connectivity index (χ3n) is 10.1. The van der Waals surface area contributed by atoms with Gasteiger partial charge in [0.05, 0.1) is 0 Å². The second-order valence-corrected chi connectivity index (χ2v) is 11.0. The maximum atomic E-state index is 12.5. The van der Waals surface area contributed by atoms with E-state index < -0.39 is 11.9 Å². The molecule has 0 aliphatic heterocycles. The highest BCUT2D eigenvalue weighted by Gasteiger charge is 2.64. The van der Waals surface area contributed by atoms with E-state index in [2.05, 4.69) is 41.5 Å². The summed E-state index contributed by atoms with van der Waals surface area (Å²) in [4.78, 5) is 25.0. The van der Waals surface area contributed by atoms with Gasteiger partial charge < -0.3 is 9.47 Å². The zero-order valence-electron chi connectivity index (χ0n) is 17.2. The van der Waals surface area contributed by atoms with Crippen LogP contribution in [0, 0.1) is 33.5 Å². The summed E-state index contributed by atoms with van der Waals surface area (Å²) in [7, 11) is 0. The Labute approximate surface area is 157 Å². The monoisotopic (exact) mass is 362 g/mol. The molecule has 0 amide bonds. The van der Waals surface area contributed by atoms with Gasteiger partial charge in [-0.25, -0.2) is 9.59 Å². The summed E-state index contributed by atoms with van der Waals surface area (Å²) in [6.45, 7) is 13.5. The lowest BCUT2D eigenvalue weighted by Crippen LogP contribution is -2.42. The topological polar surface area (TPSA) is 52.6 Å². The van der Waals surface area contributed by atoms with E-state index >= 15 is 0 Å². The number of rotatable bonds is 2. The van der Waals surface area contributed by atoms with Crippen molar-refractivity contribution in [3.63, 3.8) is 0 Å². The van der Waals surface area contributed by atoms with Crippen molar-refractivity contribution in [2.24, 2.45) is 33.5 Å². The largest absolute Gasteiger partial charge is 0.453 e. The fourth-order valence-electron chi connectivity index (χ4n) is 6.97. The van der Waals surface area contributed by atoms with Gasteiger partial charge in [0.1, 0.15) is 12.2 Å². The molecule has 4 rings (SSSR count). The molecule has 4 aliphatic carbocycles. The molecule has 0 aromatic carbocycles. The van der Waals surface area contributed by atoms with E-state index in [4.69, 9.17) is 9.47 Å². The van der Waals surface area contributed by atoms with Crippen molar-refractivity contribution in [1.29, 1.82) is 0 Å². The van der Waals surface area contributed by atoms with E-state index in [9.17, 15) is 9.59 Å². The van der Waals surface area contributed by atoms with Crippen molar-refractivity contribution in [3.05, 3.63) is 0 Å². The molecule has 4 aliphatic rings. The summed E-state index contributed by atoms with van der Waals surface area (Å²) in [6.07, 6.45) is 5.93. The third kappa shape index (κ3) is 2.08. The van der Waals surface area contributed by atoms with Crippen LogP contribution in [0.1, 0.15) is 80.1 Å². The lowest BCUT2D eigenvalue weighted by Gasteiger charge is -2.39. The SMILES string of the molecule is CC1(C)C2CCC1(C)C(OC(=O)C(=O)OC1CC3CCC1(C)C3(C)C)C2.